The third-order valence-corrected chi connectivity index (χ3v) is 17.0. The van der Waals surface area contributed by atoms with E-state index in [2.05, 4.69) is 131 Å². The normalized spacial score (nSPS) is 11.9. The summed E-state index contributed by atoms with van der Waals surface area (Å²) in [4.78, 5) is 1.75. The van der Waals surface area contributed by atoms with E-state index in [1.54, 1.807) is 30.3 Å². The van der Waals surface area contributed by atoms with Crippen molar-refractivity contribution in [2.75, 3.05) is 30.5 Å². The number of nitrogens with zero attached hydrogens (tertiary/aromatic N) is 7. The van der Waals surface area contributed by atoms with Crippen LogP contribution in [0.3, 0.4) is 0 Å². The van der Waals surface area contributed by atoms with Gasteiger partial charge in [0.25, 0.3) is 10.0 Å². The molecule has 0 fully saturated rings. The molecular weight excluding hydrogens is 979 g/mol. The van der Waals surface area contributed by atoms with Crippen molar-refractivity contribution in [3.8, 4) is 32.3 Å². The monoisotopic (exact) mass is 1030 g/mol. The Morgan fingerprint density at radius 2 is 1.00 bits per heavy atom. The minimum Gasteiger partial charge on any atom is -0.744 e. The molecule has 11 aromatic rings. The highest BCUT2D eigenvalue weighted by Crippen LogP contribution is 2.39. The maximum absolute atomic E-state index is 11.9. The predicted octanol–water partition coefficient (Wildman–Crippen LogP) is 14.6. The van der Waals surface area contributed by atoms with Gasteiger partial charge in [-0.15, -0.1) is 10.2 Å². The van der Waals surface area contributed by atoms with Crippen LogP contribution in [0, 0.1) is 20.8 Å². The molecule has 0 aliphatic rings. The summed E-state index contributed by atoms with van der Waals surface area (Å²) < 4.78 is 42.9. The number of fused-ring (bicyclic) bond motifs is 4. The van der Waals surface area contributed by atoms with Gasteiger partial charge in [-0.1, -0.05) is 102 Å². The van der Waals surface area contributed by atoms with Crippen LogP contribution >= 0.6 is 22.7 Å². The Balaban J connectivity index is 0.000000178. The molecule has 11 rings (SSSR count). The van der Waals surface area contributed by atoms with Crippen molar-refractivity contribution in [2.45, 2.75) is 25.7 Å². The molecule has 0 aliphatic carbocycles. The summed E-state index contributed by atoms with van der Waals surface area (Å²) in [6, 6.07) is 52.7. The highest BCUT2D eigenvalue weighted by atomic mass is 32.2. The molecule has 74 heavy (non-hydrogen) atoms. The second kappa shape index (κ2) is 20.0. The Labute approximate surface area is 437 Å². The van der Waals surface area contributed by atoms with Crippen LogP contribution in [0.1, 0.15) is 16.7 Å². The van der Waals surface area contributed by atoms with Gasteiger partial charge in [0.05, 0.1) is 38.8 Å². The minimum absolute atomic E-state index is 0.0996. The number of aryl methyl sites for hydroxylation is 5. The lowest BCUT2D eigenvalue weighted by Crippen LogP contribution is -2.29. The van der Waals surface area contributed by atoms with Gasteiger partial charge in [0, 0.05) is 48.1 Å². The standard InChI is InChI=1S/C33H26N6O3S.C26H27N3S2/c1-20-18-29(32(34)27-8-4-2-6-25(20)27)38-36-23-14-10-21(11-15-23)22-12-16-24(17-13-22)37-39-30-19-31(43(40,41)42)26-7-3-5-9-28(26)33(30)35;1-16-7-13-22-24(17(16)2)31-26(29(22)6)19-10-14-21-23(15-19)30-25(28(21)5)18-8-11-20(12-9-18)27(3)4/h2-19H,34-35H2,1H3,(H,40,41,42);7-15H,1-6H3/q;+2/p-1. The summed E-state index contributed by atoms with van der Waals surface area (Å²) in [5, 5.41) is 22.5. The topological polar surface area (TPSA) is 170 Å². The molecule has 0 saturated carbocycles. The molecule has 2 heterocycles. The summed E-state index contributed by atoms with van der Waals surface area (Å²) in [7, 11) is 3.75. The van der Waals surface area contributed by atoms with Crippen molar-refractivity contribution in [3.63, 3.8) is 0 Å². The summed E-state index contributed by atoms with van der Waals surface area (Å²) in [5.41, 5.74) is 27.4. The van der Waals surface area contributed by atoms with E-state index < -0.39 is 10.1 Å². The van der Waals surface area contributed by atoms with Crippen LogP contribution in [-0.4, -0.2) is 27.1 Å². The van der Waals surface area contributed by atoms with Crippen LogP contribution in [0.15, 0.2) is 189 Å². The molecule has 0 atom stereocenters. The Bertz CT molecular complexity index is 4150. The maximum Gasteiger partial charge on any atom is 0.269 e. The van der Waals surface area contributed by atoms with Crippen LogP contribution in [0.2, 0.25) is 0 Å². The Morgan fingerprint density at radius 1 is 0.514 bits per heavy atom. The molecule has 4 N–H and O–H groups in total. The van der Waals surface area contributed by atoms with Crippen molar-refractivity contribution in [2.24, 2.45) is 34.6 Å². The van der Waals surface area contributed by atoms with Crippen molar-refractivity contribution >= 4 is 115 Å². The van der Waals surface area contributed by atoms with Crippen LogP contribution in [0.4, 0.5) is 39.8 Å². The number of anilines is 3. The Morgan fingerprint density at radius 3 is 1.58 bits per heavy atom. The lowest BCUT2D eigenvalue weighted by molar-refractivity contribution is -0.629. The highest BCUT2D eigenvalue weighted by Gasteiger charge is 2.25. The molecule has 0 radical (unpaired) electrons. The molecule has 9 aromatic carbocycles. The molecule has 0 amide bonds. The molecule has 368 valence electrons. The van der Waals surface area contributed by atoms with Gasteiger partial charge < -0.3 is 20.9 Å². The van der Waals surface area contributed by atoms with Crippen molar-refractivity contribution in [1.82, 2.24) is 0 Å². The van der Waals surface area contributed by atoms with Crippen molar-refractivity contribution in [1.29, 1.82) is 0 Å². The summed E-state index contributed by atoms with van der Waals surface area (Å²) in [5.74, 6) is 0. The van der Waals surface area contributed by atoms with Crippen molar-refractivity contribution < 1.29 is 22.1 Å². The van der Waals surface area contributed by atoms with Crippen LogP contribution < -0.4 is 25.5 Å². The summed E-state index contributed by atoms with van der Waals surface area (Å²) in [6.45, 7) is 6.45. The Hall–Kier alpha value is -8.21. The fourth-order valence-electron chi connectivity index (χ4n) is 9.09. The van der Waals surface area contributed by atoms with Gasteiger partial charge in [0.1, 0.15) is 45.0 Å². The second-order valence-corrected chi connectivity index (χ2v) is 21.8. The third-order valence-electron chi connectivity index (χ3n) is 13.4. The zero-order chi connectivity index (χ0) is 52.0. The first-order valence-electron chi connectivity index (χ1n) is 23.7. The zero-order valence-electron chi connectivity index (χ0n) is 41.8. The highest BCUT2D eigenvalue weighted by molar-refractivity contribution is 7.86. The number of nitrogens with two attached hydrogens (primary N) is 2. The molecule has 0 spiro atoms. The molecule has 2 aromatic heterocycles. The first-order valence-corrected chi connectivity index (χ1v) is 26.8. The molecular formula is C59H52N9O3S3+. The summed E-state index contributed by atoms with van der Waals surface area (Å²) in [6.07, 6.45) is 0. The quantitative estimate of drug-likeness (QED) is 0.0631. The number of rotatable bonds is 9. The molecule has 0 unspecified atom stereocenters. The number of aromatic nitrogens is 2. The molecule has 0 bridgehead atoms. The first kappa shape index (κ1) is 49.4. The van der Waals surface area contributed by atoms with E-state index >= 15 is 0 Å². The van der Waals surface area contributed by atoms with Crippen molar-refractivity contribution in [3.05, 3.63) is 180 Å². The maximum atomic E-state index is 11.9. The van der Waals surface area contributed by atoms with Gasteiger partial charge in [-0.05, 0) is 127 Å². The van der Waals surface area contributed by atoms with E-state index in [-0.39, 0.29) is 21.7 Å². The average molecular weight is 1030 g/mol. The van der Waals surface area contributed by atoms with E-state index in [9.17, 15) is 13.0 Å². The summed E-state index contributed by atoms with van der Waals surface area (Å²) >= 11 is 3.76. The van der Waals surface area contributed by atoms with Gasteiger partial charge in [-0.2, -0.15) is 19.4 Å². The lowest BCUT2D eigenvalue weighted by Gasteiger charge is -2.13. The molecule has 12 nitrogen and oxygen atoms in total. The number of azo groups is 2. The van der Waals surface area contributed by atoms with E-state index in [1.165, 1.54) is 64.5 Å². The molecule has 15 heteroatoms. The van der Waals surface area contributed by atoms with Crippen LogP contribution in [0.25, 0.3) is 74.2 Å². The van der Waals surface area contributed by atoms with Gasteiger partial charge in [-0.3, -0.25) is 0 Å². The predicted molar refractivity (Wildman–Crippen MR) is 304 cm³/mol. The number of hydrogen-bond donors (Lipinski definition) is 2. The zero-order valence-corrected chi connectivity index (χ0v) is 44.3. The number of hydrogen-bond acceptors (Lipinski definition) is 12. The smallest absolute Gasteiger partial charge is 0.269 e. The minimum atomic E-state index is -4.75. The van der Waals surface area contributed by atoms with Gasteiger partial charge in [0.15, 0.2) is 0 Å². The van der Waals surface area contributed by atoms with Crippen LogP contribution in [-0.2, 0) is 24.2 Å². The van der Waals surface area contributed by atoms with E-state index in [0.717, 1.165) is 33.5 Å². The fraction of sp³-hybridized carbons (Fsp3) is 0.119. The number of benzene rings is 9. The second-order valence-electron chi connectivity index (χ2n) is 18.4. The van der Waals surface area contributed by atoms with E-state index in [0.29, 0.717) is 28.1 Å². The fourth-order valence-corrected chi connectivity index (χ4v) is 12.3. The van der Waals surface area contributed by atoms with Crippen LogP contribution in [0.5, 0.6) is 0 Å². The average Bonchev–Trinajstić information content (AvgIpc) is 3.93. The van der Waals surface area contributed by atoms with E-state index in [4.69, 9.17) is 11.5 Å². The Kier molecular flexibility index (Phi) is 13.3. The van der Waals surface area contributed by atoms with E-state index in [1.807, 2.05) is 96.3 Å². The van der Waals surface area contributed by atoms with Gasteiger partial charge in [0.2, 0.25) is 11.0 Å². The SMILES string of the molecule is Cc1cc(N=Nc2ccc(-c3ccc(N=Nc4cc(S(=O)(=O)[O-])c5ccccc5c4N)cc3)cc2)c(N)c2ccccc12.Cc1ccc2c(sc(-c3ccc4c(c3)sc(-c3ccc(N(C)C)cc3)[n+]4C)[n+]2C)c1C. The largest absolute Gasteiger partial charge is 0.744 e. The molecule has 0 saturated heterocycles. The molecule has 0 aliphatic heterocycles. The number of thiazole rings is 2. The number of nitrogen functional groups attached to an aromatic ring is 2. The first-order chi connectivity index (χ1) is 35.5. The third kappa shape index (κ3) is 9.61. The van der Waals surface area contributed by atoms with Gasteiger partial charge in [-0.25, -0.2) is 8.42 Å². The lowest BCUT2D eigenvalue weighted by atomic mass is 10.0. The van der Waals surface area contributed by atoms with Gasteiger partial charge >= 0.3 is 0 Å².